The van der Waals surface area contributed by atoms with Gasteiger partial charge in [0.1, 0.15) is 24.2 Å². The second-order valence-corrected chi connectivity index (χ2v) is 6.72. The summed E-state index contributed by atoms with van der Waals surface area (Å²) in [4.78, 5) is 12.1. The molecule has 1 aliphatic carbocycles. The summed E-state index contributed by atoms with van der Waals surface area (Å²) in [7, 11) is 0. The molecule has 0 heterocycles. The Morgan fingerprint density at radius 2 is 2.18 bits per heavy atom. The summed E-state index contributed by atoms with van der Waals surface area (Å²) >= 11 is 3.34. The highest BCUT2D eigenvalue weighted by Crippen LogP contribution is 2.28. The van der Waals surface area contributed by atoms with Crippen molar-refractivity contribution in [2.24, 2.45) is 0 Å². The summed E-state index contributed by atoms with van der Waals surface area (Å²) in [6, 6.07) is 5.34. The van der Waals surface area contributed by atoms with E-state index in [0.29, 0.717) is 22.1 Å². The number of nitrogens with one attached hydrogen (secondary N) is 1. The van der Waals surface area contributed by atoms with E-state index in [9.17, 15) is 18.0 Å². The summed E-state index contributed by atoms with van der Waals surface area (Å²) in [6.07, 6.45) is -1.15. The molecule has 1 N–H and O–H groups in total. The van der Waals surface area contributed by atoms with E-state index in [1.807, 2.05) is 0 Å². The van der Waals surface area contributed by atoms with E-state index in [1.54, 1.807) is 37.3 Å². The molecule has 9 heteroatoms. The van der Waals surface area contributed by atoms with Gasteiger partial charge in [-0.15, -0.1) is 13.2 Å². The zero-order valence-electron chi connectivity index (χ0n) is 15.0. The first-order valence-electron chi connectivity index (χ1n) is 8.36. The molecule has 0 spiro atoms. The number of hydrogen-bond acceptors (Lipinski definition) is 4. The molecule has 0 fully saturated rings. The number of carbonyl (C=O) groups is 1. The predicted octanol–water partition coefficient (Wildman–Crippen LogP) is 6.14. The number of ether oxygens (including phenoxy) is 3. The average Bonchev–Trinajstić information content (AvgIpc) is 2.60. The van der Waals surface area contributed by atoms with Crippen LogP contribution in [0.3, 0.4) is 0 Å². The summed E-state index contributed by atoms with van der Waals surface area (Å²) in [5.41, 5.74) is 1.23. The van der Waals surface area contributed by atoms with E-state index < -0.39 is 18.6 Å². The molecule has 1 aromatic rings. The number of halogens is 4. The van der Waals surface area contributed by atoms with Crippen LogP contribution in [0.2, 0.25) is 0 Å². The molecule has 5 nitrogen and oxygen atoms in total. The van der Waals surface area contributed by atoms with Crippen LogP contribution >= 0.6 is 15.9 Å². The van der Waals surface area contributed by atoms with Gasteiger partial charge in [-0.25, -0.2) is 4.79 Å². The Hall–Kier alpha value is -2.42. The molecular formula is C19H19BrF3NO4. The molecule has 0 bridgehead atoms. The molecule has 28 heavy (non-hydrogen) atoms. The number of benzene rings is 1. The number of alkyl halides is 3. The Bertz CT molecular complexity index is 790. The highest BCUT2D eigenvalue weighted by Gasteiger charge is 2.32. The third-order valence-electron chi connectivity index (χ3n) is 3.57. The Morgan fingerprint density at radius 3 is 2.86 bits per heavy atom. The second-order valence-electron chi connectivity index (χ2n) is 5.86. The minimum atomic E-state index is -4.74. The van der Waals surface area contributed by atoms with Gasteiger partial charge in [-0.05, 0) is 47.0 Å². The van der Waals surface area contributed by atoms with Gasteiger partial charge in [0.25, 0.3) is 0 Å². The van der Waals surface area contributed by atoms with E-state index in [4.69, 9.17) is 9.47 Å². The maximum Gasteiger partial charge on any atom is 0.572 e. The average molecular weight is 462 g/mol. The van der Waals surface area contributed by atoms with E-state index in [-0.39, 0.29) is 24.5 Å². The van der Waals surface area contributed by atoms with Crippen LogP contribution in [-0.4, -0.2) is 25.2 Å². The van der Waals surface area contributed by atoms with Crippen molar-refractivity contribution in [2.75, 3.05) is 11.9 Å². The third-order valence-corrected chi connectivity index (χ3v) is 4.23. The first kappa shape index (κ1) is 21.9. The predicted molar refractivity (Wildman–Crippen MR) is 102 cm³/mol. The van der Waals surface area contributed by atoms with E-state index >= 15 is 0 Å². The van der Waals surface area contributed by atoms with Crippen molar-refractivity contribution < 1.29 is 32.2 Å². The standard InChI is InChI=1S/C19H19BrF3NO4/c1-3-13-6-4-9-16(20)17(13)24-18(25)27-12(2)11-26-14-7-5-8-15(10-14)28-19(21,22)23/h3-4,6-7,9-10,12H,1,5,8,11H2,2H3,(H,24,25). The molecule has 1 atom stereocenters. The first-order chi connectivity index (χ1) is 13.2. The lowest BCUT2D eigenvalue weighted by atomic mass is 10.1. The smallest absolute Gasteiger partial charge is 0.490 e. The second kappa shape index (κ2) is 9.68. The number of anilines is 1. The van der Waals surface area contributed by atoms with Gasteiger partial charge in [0.2, 0.25) is 0 Å². The molecule has 0 aliphatic heterocycles. The van der Waals surface area contributed by atoms with Gasteiger partial charge >= 0.3 is 12.5 Å². The number of para-hydroxylation sites is 1. The fourth-order valence-corrected chi connectivity index (χ4v) is 2.86. The zero-order chi connectivity index (χ0) is 20.7. The minimum Gasteiger partial charge on any atom is -0.490 e. The largest absolute Gasteiger partial charge is 0.572 e. The minimum absolute atomic E-state index is 0.0284. The zero-order valence-corrected chi connectivity index (χ0v) is 16.6. The van der Waals surface area contributed by atoms with Crippen molar-refractivity contribution in [3.8, 4) is 0 Å². The Morgan fingerprint density at radius 1 is 1.43 bits per heavy atom. The Kier molecular flexibility index (Phi) is 7.56. The van der Waals surface area contributed by atoms with Gasteiger partial charge in [-0.3, -0.25) is 5.32 Å². The molecule has 152 valence electrons. The van der Waals surface area contributed by atoms with Crippen molar-refractivity contribution >= 4 is 33.8 Å². The van der Waals surface area contributed by atoms with Gasteiger partial charge in [0, 0.05) is 17.0 Å². The molecule has 1 aromatic carbocycles. The monoisotopic (exact) mass is 461 g/mol. The number of allylic oxidation sites excluding steroid dienone is 3. The topological polar surface area (TPSA) is 56.8 Å². The fourth-order valence-electron chi connectivity index (χ4n) is 2.38. The SMILES string of the molecule is C=Cc1cccc(Br)c1NC(=O)OC(C)COC1=CCCC(OC(F)(F)F)=C1. The molecule has 2 rings (SSSR count). The van der Waals surface area contributed by atoms with Crippen LogP contribution in [0.4, 0.5) is 23.7 Å². The van der Waals surface area contributed by atoms with Crippen LogP contribution in [0, 0.1) is 0 Å². The van der Waals surface area contributed by atoms with Crippen LogP contribution in [0.25, 0.3) is 6.08 Å². The quantitative estimate of drug-likeness (QED) is 0.529. The summed E-state index contributed by atoms with van der Waals surface area (Å²) < 4.78 is 52.1. The van der Waals surface area contributed by atoms with Gasteiger partial charge in [0.05, 0.1) is 5.69 Å². The van der Waals surface area contributed by atoms with Crippen molar-refractivity contribution in [3.63, 3.8) is 0 Å². The lowest BCUT2D eigenvalue weighted by Crippen LogP contribution is -2.24. The number of rotatable bonds is 7. The molecule has 0 radical (unpaired) electrons. The summed E-state index contributed by atoms with van der Waals surface area (Å²) in [5.74, 6) is 0.0169. The number of amides is 1. The van der Waals surface area contributed by atoms with Crippen LogP contribution in [0.15, 0.2) is 52.9 Å². The van der Waals surface area contributed by atoms with E-state index in [2.05, 4.69) is 32.6 Å². The fraction of sp³-hybridized carbons (Fsp3) is 0.316. The first-order valence-corrected chi connectivity index (χ1v) is 9.15. The van der Waals surface area contributed by atoms with Crippen LogP contribution < -0.4 is 5.32 Å². The van der Waals surface area contributed by atoms with Crippen LogP contribution in [-0.2, 0) is 14.2 Å². The maximum atomic E-state index is 12.3. The molecule has 0 saturated carbocycles. The molecule has 0 saturated heterocycles. The van der Waals surface area contributed by atoms with Crippen LogP contribution in [0.1, 0.15) is 25.3 Å². The van der Waals surface area contributed by atoms with Crippen molar-refractivity contribution in [3.05, 3.63) is 58.5 Å². The molecule has 1 amide bonds. The molecule has 0 aromatic heterocycles. The van der Waals surface area contributed by atoms with Crippen LogP contribution in [0.5, 0.6) is 0 Å². The maximum absolute atomic E-state index is 12.3. The highest BCUT2D eigenvalue weighted by atomic mass is 79.9. The Balaban J connectivity index is 1.86. The highest BCUT2D eigenvalue weighted by molar-refractivity contribution is 9.10. The molecular weight excluding hydrogens is 443 g/mol. The van der Waals surface area contributed by atoms with Gasteiger partial charge in [-0.1, -0.05) is 24.8 Å². The normalized spacial score (nSPS) is 15.0. The van der Waals surface area contributed by atoms with Gasteiger partial charge in [0.15, 0.2) is 0 Å². The van der Waals surface area contributed by atoms with Gasteiger partial charge < -0.3 is 14.2 Å². The molecule has 1 unspecified atom stereocenters. The van der Waals surface area contributed by atoms with Gasteiger partial charge in [-0.2, -0.15) is 0 Å². The number of hydrogen-bond donors (Lipinski definition) is 1. The van der Waals surface area contributed by atoms with E-state index in [0.717, 1.165) is 0 Å². The Labute approximate surface area is 169 Å². The summed E-state index contributed by atoms with van der Waals surface area (Å²) in [5, 5.41) is 2.63. The van der Waals surface area contributed by atoms with Crippen molar-refractivity contribution in [1.82, 2.24) is 0 Å². The van der Waals surface area contributed by atoms with E-state index in [1.165, 1.54) is 6.08 Å². The van der Waals surface area contributed by atoms with Crippen molar-refractivity contribution in [1.29, 1.82) is 0 Å². The third kappa shape index (κ3) is 6.95. The summed E-state index contributed by atoms with van der Waals surface area (Å²) in [6.45, 7) is 5.26. The number of carbonyl (C=O) groups excluding carboxylic acids is 1. The lowest BCUT2D eigenvalue weighted by Gasteiger charge is -2.19. The van der Waals surface area contributed by atoms with Crippen molar-refractivity contribution in [2.45, 2.75) is 32.2 Å². The lowest BCUT2D eigenvalue weighted by molar-refractivity contribution is -0.306. The molecule has 1 aliphatic rings.